The standard InChI is InChI=1S/C14H19BrN2O3/c1-8(2)9(3)17(4)14(20)16-12-7-10(13(18)19)5-6-11(12)15/h5-9H,1-4H3,(H,16,20)(H,18,19). The van der Waals surface area contributed by atoms with Crippen molar-refractivity contribution in [3.8, 4) is 0 Å². The van der Waals surface area contributed by atoms with Crippen LogP contribution < -0.4 is 5.32 Å². The number of amides is 2. The molecule has 5 nitrogen and oxygen atoms in total. The topological polar surface area (TPSA) is 69.6 Å². The monoisotopic (exact) mass is 342 g/mol. The fourth-order valence-electron chi connectivity index (χ4n) is 1.59. The summed E-state index contributed by atoms with van der Waals surface area (Å²) in [6.45, 7) is 6.04. The molecule has 0 radical (unpaired) electrons. The zero-order valence-electron chi connectivity index (χ0n) is 12.0. The molecule has 2 N–H and O–H groups in total. The van der Waals surface area contributed by atoms with E-state index in [2.05, 4.69) is 21.2 Å². The summed E-state index contributed by atoms with van der Waals surface area (Å²) < 4.78 is 0.640. The minimum Gasteiger partial charge on any atom is -0.478 e. The Balaban J connectivity index is 2.90. The Bertz CT molecular complexity index is 517. The van der Waals surface area contributed by atoms with Crippen LogP contribution in [0.4, 0.5) is 10.5 Å². The third kappa shape index (κ3) is 3.96. The van der Waals surface area contributed by atoms with Crippen LogP contribution in [0, 0.1) is 5.92 Å². The first-order valence-corrected chi connectivity index (χ1v) is 7.10. The van der Waals surface area contributed by atoms with Crippen LogP contribution in [0.5, 0.6) is 0 Å². The van der Waals surface area contributed by atoms with Gasteiger partial charge in [0.15, 0.2) is 0 Å². The van der Waals surface area contributed by atoms with Crippen LogP contribution in [-0.2, 0) is 0 Å². The summed E-state index contributed by atoms with van der Waals surface area (Å²) in [6, 6.07) is 4.32. The molecule has 0 saturated carbocycles. The largest absolute Gasteiger partial charge is 0.478 e. The number of carboxylic acids is 1. The third-order valence-electron chi connectivity index (χ3n) is 3.35. The van der Waals surface area contributed by atoms with Gasteiger partial charge in [0, 0.05) is 17.6 Å². The Hall–Kier alpha value is -1.56. The number of nitrogens with one attached hydrogen (secondary N) is 1. The van der Waals surface area contributed by atoms with Gasteiger partial charge in [-0.25, -0.2) is 9.59 Å². The highest BCUT2D eigenvalue weighted by Crippen LogP contribution is 2.24. The molecular formula is C14H19BrN2O3. The maximum absolute atomic E-state index is 12.1. The molecule has 1 unspecified atom stereocenters. The van der Waals surface area contributed by atoms with Gasteiger partial charge in [-0.15, -0.1) is 0 Å². The summed E-state index contributed by atoms with van der Waals surface area (Å²) in [4.78, 5) is 24.7. The lowest BCUT2D eigenvalue weighted by Gasteiger charge is -2.28. The molecular weight excluding hydrogens is 324 g/mol. The molecule has 6 heteroatoms. The van der Waals surface area contributed by atoms with E-state index in [-0.39, 0.29) is 17.6 Å². The summed E-state index contributed by atoms with van der Waals surface area (Å²) in [5, 5.41) is 11.7. The van der Waals surface area contributed by atoms with Gasteiger partial charge < -0.3 is 15.3 Å². The van der Waals surface area contributed by atoms with Crippen molar-refractivity contribution < 1.29 is 14.7 Å². The highest BCUT2D eigenvalue weighted by molar-refractivity contribution is 9.10. The van der Waals surface area contributed by atoms with Crippen LogP contribution in [0.1, 0.15) is 31.1 Å². The number of carboxylic acid groups (broad SMARTS) is 1. The second-order valence-corrected chi connectivity index (χ2v) is 5.88. The number of benzene rings is 1. The number of nitrogens with zero attached hydrogens (tertiary/aromatic N) is 1. The molecule has 1 aromatic carbocycles. The lowest BCUT2D eigenvalue weighted by Crippen LogP contribution is -2.41. The Labute approximate surface area is 127 Å². The predicted octanol–water partition coefficient (Wildman–Crippen LogP) is 3.66. The van der Waals surface area contributed by atoms with Gasteiger partial charge in [-0.05, 0) is 47.0 Å². The Morgan fingerprint density at radius 1 is 1.30 bits per heavy atom. The zero-order valence-corrected chi connectivity index (χ0v) is 13.6. The summed E-state index contributed by atoms with van der Waals surface area (Å²) in [5.74, 6) is -0.698. The highest BCUT2D eigenvalue weighted by atomic mass is 79.9. The van der Waals surface area contributed by atoms with Crippen LogP contribution in [0.25, 0.3) is 0 Å². The van der Waals surface area contributed by atoms with E-state index in [9.17, 15) is 9.59 Å². The number of hydrogen-bond donors (Lipinski definition) is 2. The Morgan fingerprint density at radius 2 is 1.90 bits per heavy atom. The van der Waals surface area contributed by atoms with Gasteiger partial charge in [0.25, 0.3) is 0 Å². The molecule has 0 aliphatic rings. The van der Waals surface area contributed by atoms with Gasteiger partial charge in [-0.3, -0.25) is 0 Å². The smallest absolute Gasteiger partial charge is 0.335 e. The van der Waals surface area contributed by atoms with Crippen molar-refractivity contribution in [2.75, 3.05) is 12.4 Å². The first-order valence-electron chi connectivity index (χ1n) is 6.30. The van der Waals surface area contributed by atoms with E-state index in [0.717, 1.165) is 0 Å². The van der Waals surface area contributed by atoms with Crippen LogP contribution in [0.15, 0.2) is 22.7 Å². The first-order chi connectivity index (χ1) is 9.23. The van der Waals surface area contributed by atoms with Crippen LogP contribution >= 0.6 is 15.9 Å². The minimum absolute atomic E-state index is 0.0800. The molecule has 0 aliphatic carbocycles. The van der Waals surface area contributed by atoms with Crippen LogP contribution in [0.3, 0.4) is 0 Å². The number of hydrogen-bond acceptors (Lipinski definition) is 2. The van der Waals surface area contributed by atoms with Crippen LogP contribution in [-0.4, -0.2) is 35.1 Å². The zero-order chi connectivity index (χ0) is 15.4. The number of anilines is 1. The average Bonchev–Trinajstić information content (AvgIpc) is 2.38. The summed E-state index contributed by atoms with van der Waals surface area (Å²) in [6.07, 6.45) is 0. The fraction of sp³-hybridized carbons (Fsp3) is 0.429. The van der Waals surface area contributed by atoms with Gasteiger partial charge in [0.2, 0.25) is 0 Å². The average molecular weight is 343 g/mol. The predicted molar refractivity (Wildman–Crippen MR) is 82.2 cm³/mol. The quantitative estimate of drug-likeness (QED) is 0.877. The molecule has 1 atom stereocenters. The number of urea groups is 1. The molecule has 0 heterocycles. The molecule has 20 heavy (non-hydrogen) atoms. The second kappa shape index (κ2) is 6.74. The van der Waals surface area contributed by atoms with Crippen molar-refractivity contribution in [1.29, 1.82) is 0 Å². The number of aromatic carboxylic acids is 1. The van der Waals surface area contributed by atoms with Crippen LogP contribution in [0.2, 0.25) is 0 Å². The molecule has 2 amide bonds. The maximum atomic E-state index is 12.1. The molecule has 0 aromatic heterocycles. The van der Waals surface area contributed by atoms with Gasteiger partial charge >= 0.3 is 12.0 Å². The molecule has 0 fully saturated rings. The van der Waals surface area contributed by atoms with Crippen molar-refractivity contribution in [3.63, 3.8) is 0 Å². The van der Waals surface area contributed by atoms with Crippen molar-refractivity contribution in [2.24, 2.45) is 5.92 Å². The molecule has 110 valence electrons. The number of carbonyl (C=O) groups is 2. The maximum Gasteiger partial charge on any atom is 0.335 e. The lowest BCUT2D eigenvalue weighted by atomic mass is 10.1. The van der Waals surface area contributed by atoms with Gasteiger partial charge in [0.1, 0.15) is 0 Å². The van der Waals surface area contributed by atoms with Crippen molar-refractivity contribution in [1.82, 2.24) is 4.90 Å². The van der Waals surface area contributed by atoms with E-state index in [4.69, 9.17) is 5.11 Å². The van der Waals surface area contributed by atoms with E-state index in [0.29, 0.717) is 16.1 Å². The SMILES string of the molecule is CC(C)C(C)N(C)C(=O)Nc1cc(C(=O)O)ccc1Br. The number of rotatable bonds is 4. The molecule has 0 bridgehead atoms. The summed E-state index contributed by atoms with van der Waals surface area (Å²) >= 11 is 3.30. The van der Waals surface area contributed by atoms with E-state index in [1.165, 1.54) is 12.1 Å². The van der Waals surface area contributed by atoms with Gasteiger partial charge in [0.05, 0.1) is 11.3 Å². The Kier molecular flexibility index (Phi) is 5.56. The van der Waals surface area contributed by atoms with Gasteiger partial charge in [-0.1, -0.05) is 13.8 Å². The van der Waals surface area contributed by atoms with E-state index < -0.39 is 5.97 Å². The van der Waals surface area contributed by atoms with E-state index in [1.54, 1.807) is 18.0 Å². The first kappa shape index (κ1) is 16.5. The van der Waals surface area contributed by atoms with E-state index in [1.807, 2.05) is 20.8 Å². The molecule has 1 aromatic rings. The Morgan fingerprint density at radius 3 is 2.40 bits per heavy atom. The molecule has 1 rings (SSSR count). The lowest BCUT2D eigenvalue weighted by molar-refractivity contribution is 0.0697. The molecule has 0 aliphatic heterocycles. The van der Waals surface area contributed by atoms with Crippen molar-refractivity contribution in [2.45, 2.75) is 26.8 Å². The number of halogens is 1. The fourth-order valence-corrected chi connectivity index (χ4v) is 1.94. The normalized spacial score (nSPS) is 12.1. The summed E-state index contributed by atoms with van der Waals surface area (Å²) in [5.41, 5.74) is 0.570. The molecule has 0 spiro atoms. The summed E-state index contributed by atoms with van der Waals surface area (Å²) in [7, 11) is 1.72. The van der Waals surface area contributed by atoms with Crippen molar-refractivity contribution >= 4 is 33.6 Å². The van der Waals surface area contributed by atoms with Gasteiger partial charge in [-0.2, -0.15) is 0 Å². The third-order valence-corrected chi connectivity index (χ3v) is 4.04. The number of carbonyl (C=O) groups excluding carboxylic acids is 1. The minimum atomic E-state index is -1.03. The second-order valence-electron chi connectivity index (χ2n) is 5.03. The van der Waals surface area contributed by atoms with E-state index >= 15 is 0 Å². The molecule has 0 saturated heterocycles. The highest BCUT2D eigenvalue weighted by Gasteiger charge is 2.19. The van der Waals surface area contributed by atoms with Crippen molar-refractivity contribution in [3.05, 3.63) is 28.2 Å².